The highest BCUT2D eigenvalue weighted by molar-refractivity contribution is 5.91. The number of anilines is 3. The summed E-state index contributed by atoms with van der Waals surface area (Å²) in [5.41, 5.74) is 15.4. The average molecular weight is 676 g/mol. The van der Waals surface area contributed by atoms with E-state index in [2.05, 4.69) is 229 Å². The van der Waals surface area contributed by atoms with Gasteiger partial charge in [-0.05, 0) is 115 Å². The molecule has 0 aromatic heterocycles. The predicted molar refractivity (Wildman–Crippen MR) is 226 cm³/mol. The lowest BCUT2D eigenvalue weighted by molar-refractivity contribution is 1.28. The third kappa shape index (κ3) is 6.77. The minimum Gasteiger partial charge on any atom is -0.310 e. The Morgan fingerprint density at radius 3 is 0.962 bits per heavy atom. The Hall–Kier alpha value is -6.96. The molecule has 53 heavy (non-hydrogen) atoms. The summed E-state index contributed by atoms with van der Waals surface area (Å²) in [6.07, 6.45) is 0. The van der Waals surface area contributed by atoms with Gasteiger partial charge in [-0.15, -0.1) is 0 Å². The van der Waals surface area contributed by atoms with Gasteiger partial charge in [0.15, 0.2) is 0 Å². The van der Waals surface area contributed by atoms with Crippen molar-refractivity contribution in [3.8, 4) is 55.6 Å². The minimum atomic E-state index is 1.10. The molecule has 0 aliphatic carbocycles. The van der Waals surface area contributed by atoms with Crippen LogP contribution in [0.2, 0.25) is 0 Å². The Morgan fingerprint density at radius 2 is 0.509 bits per heavy atom. The molecule has 0 atom stereocenters. The Bertz CT molecular complexity index is 2610. The molecular formula is C52H37N. The lowest BCUT2D eigenvalue weighted by atomic mass is 9.97. The summed E-state index contributed by atoms with van der Waals surface area (Å²) in [6, 6.07) is 80.8. The van der Waals surface area contributed by atoms with E-state index in [9.17, 15) is 0 Å². The molecule has 0 amide bonds. The molecule has 0 fully saturated rings. The number of rotatable bonds is 8. The number of nitrogens with zero attached hydrogens (tertiary/aromatic N) is 1. The summed E-state index contributed by atoms with van der Waals surface area (Å²) in [6.45, 7) is 0. The molecule has 0 saturated heterocycles. The van der Waals surface area contributed by atoms with Crippen LogP contribution in [0.25, 0.3) is 66.4 Å². The maximum absolute atomic E-state index is 2.35. The van der Waals surface area contributed by atoms with E-state index in [1.807, 2.05) is 0 Å². The first-order valence-corrected chi connectivity index (χ1v) is 18.2. The topological polar surface area (TPSA) is 3.24 Å². The molecule has 250 valence electrons. The van der Waals surface area contributed by atoms with Crippen LogP contribution in [0, 0.1) is 0 Å². The van der Waals surface area contributed by atoms with Crippen LogP contribution in [0.1, 0.15) is 0 Å². The van der Waals surface area contributed by atoms with Crippen LogP contribution in [0.15, 0.2) is 224 Å². The van der Waals surface area contributed by atoms with Crippen molar-refractivity contribution in [1.82, 2.24) is 0 Å². The van der Waals surface area contributed by atoms with Gasteiger partial charge in [-0.1, -0.05) is 176 Å². The van der Waals surface area contributed by atoms with Gasteiger partial charge in [0.25, 0.3) is 0 Å². The Labute approximate surface area is 311 Å². The van der Waals surface area contributed by atoms with Crippen molar-refractivity contribution in [3.63, 3.8) is 0 Å². The Kier molecular flexibility index (Phi) is 8.66. The van der Waals surface area contributed by atoms with Crippen molar-refractivity contribution in [3.05, 3.63) is 224 Å². The van der Waals surface area contributed by atoms with Gasteiger partial charge < -0.3 is 4.90 Å². The zero-order valence-electron chi connectivity index (χ0n) is 29.3. The van der Waals surface area contributed by atoms with Crippen LogP contribution in [-0.2, 0) is 0 Å². The number of hydrogen-bond acceptors (Lipinski definition) is 1. The maximum Gasteiger partial charge on any atom is 0.0467 e. The second kappa shape index (κ2) is 14.3. The van der Waals surface area contributed by atoms with Crippen molar-refractivity contribution in [1.29, 1.82) is 0 Å². The fourth-order valence-electron chi connectivity index (χ4n) is 7.23. The van der Waals surface area contributed by atoms with Gasteiger partial charge in [0.2, 0.25) is 0 Å². The molecule has 0 bridgehead atoms. The number of benzene rings is 9. The molecule has 1 heteroatoms. The van der Waals surface area contributed by atoms with Crippen LogP contribution >= 0.6 is 0 Å². The van der Waals surface area contributed by atoms with E-state index in [0.29, 0.717) is 0 Å². The SMILES string of the molecule is c1ccc(-c2ccc(-c3cccc(N(c4ccc(-c5ccccc5)cc4)c4ccc(-c5ccc6ccc(-c7ccccc7)cc6c5)cc4)c3)cc2)cc1. The molecule has 9 rings (SSSR count). The molecule has 9 aromatic carbocycles. The van der Waals surface area contributed by atoms with Gasteiger partial charge in [0.1, 0.15) is 0 Å². The number of fused-ring (bicyclic) bond motifs is 1. The van der Waals surface area contributed by atoms with Crippen molar-refractivity contribution in [2.24, 2.45) is 0 Å². The fourth-order valence-corrected chi connectivity index (χ4v) is 7.23. The second-order valence-corrected chi connectivity index (χ2v) is 13.4. The van der Waals surface area contributed by atoms with Gasteiger partial charge >= 0.3 is 0 Å². The molecule has 9 aromatic rings. The number of hydrogen-bond donors (Lipinski definition) is 0. The highest BCUT2D eigenvalue weighted by Gasteiger charge is 2.15. The summed E-state index contributed by atoms with van der Waals surface area (Å²) >= 11 is 0. The lowest BCUT2D eigenvalue weighted by Gasteiger charge is -2.26. The average Bonchev–Trinajstić information content (AvgIpc) is 3.25. The fraction of sp³-hybridized carbons (Fsp3) is 0. The zero-order valence-corrected chi connectivity index (χ0v) is 29.3. The molecule has 0 saturated carbocycles. The van der Waals surface area contributed by atoms with Gasteiger partial charge in [-0.2, -0.15) is 0 Å². The zero-order chi connectivity index (χ0) is 35.4. The Morgan fingerprint density at radius 1 is 0.189 bits per heavy atom. The second-order valence-electron chi connectivity index (χ2n) is 13.4. The van der Waals surface area contributed by atoms with Crippen LogP contribution in [0.5, 0.6) is 0 Å². The maximum atomic E-state index is 2.35. The van der Waals surface area contributed by atoms with Gasteiger partial charge in [-0.25, -0.2) is 0 Å². The van der Waals surface area contributed by atoms with Gasteiger partial charge in [-0.3, -0.25) is 0 Å². The van der Waals surface area contributed by atoms with Crippen molar-refractivity contribution in [2.75, 3.05) is 4.90 Å². The third-order valence-electron chi connectivity index (χ3n) is 10.1. The van der Waals surface area contributed by atoms with E-state index in [0.717, 1.165) is 17.1 Å². The van der Waals surface area contributed by atoms with Crippen molar-refractivity contribution in [2.45, 2.75) is 0 Å². The molecule has 0 unspecified atom stereocenters. The van der Waals surface area contributed by atoms with E-state index < -0.39 is 0 Å². The first-order chi connectivity index (χ1) is 26.2. The molecule has 0 aliphatic heterocycles. The smallest absolute Gasteiger partial charge is 0.0467 e. The van der Waals surface area contributed by atoms with E-state index in [4.69, 9.17) is 0 Å². The van der Waals surface area contributed by atoms with E-state index in [1.165, 1.54) is 66.4 Å². The largest absolute Gasteiger partial charge is 0.310 e. The van der Waals surface area contributed by atoms with Crippen molar-refractivity contribution >= 4 is 27.8 Å². The van der Waals surface area contributed by atoms with Crippen LogP contribution in [0.3, 0.4) is 0 Å². The molecular weight excluding hydrogens is 639 g/mol. The molecule has 0 aliphatic rings. The summed E-state index contributed by atoms with van der Waals surface area (Å²) in [4.78, 5) is 2.35. The molecule has 0 N–H and O–H groups in total. The van der Waals surface area contributed by atoms with Crippen LogP contribution in [-0.4, -0.2) is 0 Å². The molecule has 0 radical (unpaired) electrons. The van der Waals surface area contributed by atoms with E-state index in [-0.39, 0.29) is 0 Å². The van der Waals surface area contributed by atoms with Gasteiger partial charge in [0.05, 0.1) is 0 Å². The summed E-state index contributed by atoms with van der Waals surface area (Å²) < 4.78 is 0. The van der Waals surface area contributed by atoms with E-state index >= 15 is 0 Å². The lowest BCUT2D eigenvalue weighted by Crippen LogP contribution is -2.10. The summed E-state index contributed by atoms with van der Waals surface area (Å²) in [5, 5.41) is 2.48. The highest BCUT2D eigenvalue weighted by atomic mass is 15.1. The first-order valence-electron chi connectivity index (χ1n) is 18.2. The monoisotopic (exact) mass is 675 g/mol. The normalized spacial score (nSPS) is 11.0. The molecule has 0 heterocycles. The molecule has 1 nitrogen and oxygen atoms in total. The first kappa shape index (κ1) is 32.0. The summed E-state index contributed by atoms with van der Waals surface area (Å²) in [7, 11) is 0. The van der Waals surface area contributed by atoms with Crippen LogP contribution < -0.4 is 4.90 Å². The quantitative estimate of drug-likeness (QED) is 0.155. The Balaban J connectivity index is 1.07. The molecule has 0 spiro atoms. The summed E-state index contributed by atoms with van der Waals surface area (Å²) in [5.74, 6) is 0. The third-order valence-corrected chi connectivity index (χ3v) is 10.1. The van der Waals surface area contributed by atoms with Crippen molar-refractivity contribution < 1.29 is 0 Å². The highest BCUT2D eigenvalue weighted by Crippen LogP contribution is 2.39. The minimum absolute atomic E-state index is 1.10. The van der Waals surface area contributed by atoms with E-state index in [1.54, 1.807) is 0 Å². The van der Waals surface area contributed by atoms with Gasteiger partial charge in [0, 0.05) is 17.1 Å². The predicted octanol–water partition coefficient (Wildman–Crippen LogP) is 14.6. The standard InChI is InChI=1S/C52H37N/c1-4-11-38(12-5-1)41-19-21-43(22-20-41)46-17-10-18-52(37-46)53(50-31-27-42(28-32-50)39-13-6-2-7-14-39)51-33-29-44(30-34-51)48-26-24-45-23-25-47(35-49(45)36-48)40-15-8-3-9-16-40/h1-37H. The van der Waals surface area contributed by atoms with Crippen LogP contribution in [0.4, 0.5) is 17.1 Å².